The van der Waals surface area contributed by atoms with Crippen molar-refractivity contribution in [1.82, 2.24) is 0 Å². The normalized spacial score (nSPS) is 34.6. The van der Waals surface area contributed by atoms with E-state index in [4.69, 9.17) is 5.11 Å². The van der Waals surface area contributed by atoms with Crippen LogP contribution in [0.5, 0.6) is 0 Å². The quantitative estimate of drug-likeness (QED) is 0.752. The molecule has 0 aromatic carbocycles. The predicted octanol–water partition coefficient (Wildman–Crippen LogP) is 2.56. The molecule has 0 amide bonds. The molecule has 12 heavy (non-hydrogen) atoms. The first kappa shape index (κ1) is 9.52. The Bertz CT molecular complexity index is 268. The molecule has 0 aliphatic heterocycles. The van der Waals surface area contributed by atoms with Crippen molar-refractivity contribution < 1.29 is 9.90 Å². The van der Waals surface area contributed by atoms with Gasteiger partial charge in [-0.3, -0.25) is 4.79 Å². The average Bonchev–Trinajstić information content (AvgIpc) is 1.99. The van der Waals surface area contributed by atoms with Gasteiger partial charge >= 0.3 is 5.97 Å². The Morgan fingerprint density at radius 1 is 1.75 bits per heavy atom. The first-order valence-electron chi connectivity index (χ1n) is 3.77. The minimum atomic E-state index is -0.797. The molecule has 3 heteroatoms. The molecule has 0 radical (unpaired) electrons. The van der Waals surface area contributed by atoms with Gasteiger partial charge in [0.1, 0.15) is 5.41 Å². The van der Waals surface area contributed by atoms with Crippen LogP contribution in [0.25, 0.3) is 0 Å². The molecule has 2 atom stereocenters. The molecule has 0 saturated heterocycles. The smallest absolute Gasteiger partial charge is 0.314 e. The highest BCUT2D eigenvalue weighted by atomic mass is 79.9. The van der Waals surface area contributed by atoms with Crippen molar-refractivity contribution in [2.24, 2.45) is 11.3 Å². The molecule has 0 saturated carbocycles. The fourth-order valence-electron chi connectivity index (χ4n) is 1.19. The molecule has 0 fully saturated rings. The third-order valence-corrected chi connectivity index (χ3v) is 3.58. The summed E-state index contributed by atoms with van der Waals surface area (Å²) in [5.74, 6) is -0.767. The summed E-state index contributed by atoms with van der Waals surface area (Å²) in [6, 6.07) is 0. The van der Waals surface area contributed by atoms with Gasteiger partial charge < -0.3 is 5.11 Å². The van der Waals surface area contributed by atoms with E-state index < -0.39 is 11.4 Å². The molecule has 1 aliphatic rings. The van der Waals surface area contributed by atoms with Gasteiger partial charge in [-0.05, 0) is 12.8 Å². The zero-order valence-corrected chi connectivity index (χ0v) is 8.63. The topological polar surface area (TPSA) is 37.3 Å². The van der Waals surface area contributed by atoms with Crippen molar-refractivity contribution in [2.75, 3.05) is 0 Å². The van der Waals surface area contributed by atoms with Crippen molar-refractivity contribution in [2.45, 2.75) is 13.8 Å². The lowest BCUT2D eigenvalue weighted by atomic mass is 9.75. The van der Waals surface area contributed by atoms with Crippen LogP contribution in [0.2, 0.25) is 0 Å². The highest BCUT2D eigenvalue weighted by molar-refractivity contribution is 9.11. The van der Waals surface area contributed by atoms with Gasteiger partial charge in [0.25, 0.3) is 0 Å². The average molecular weight is 231 g/mol. The number of halogens is 1. The van der Waals surface area contributed by atoms with Gasteiger partial charge in [0.15, 0.2) is 0 Å². The number of aliphatic carboxylic acids is 1. The summed E-state index contributed by atoms with van der Waals surface area (Å²) in [5, 5.41) is 9.03. The van der Waals surface area contributed by atoms with Crippen molar-refractivity contribution in [3.8, 4) is 0 Å². The first-order valence-corrected chi connectivity index (χ1v) is 4.56. The Morgan fingerprint density at radius 2 is 2.33 bits per heavy atom. The maximum atomic E-state index is 11.0. The first-order chi connectivity index (χ1) is 5.49. The van der Waals surface area contributed by atoms with Gasteiger partial charge in [-0.15, -0.1) is 0 Å². The van der Waals surface area contributed by atoms with Crippen LogP contribution in [0.4, 0.5) is 0 Å². The molecule has 0 spiro atoms. The van der Waals surface area contributed by atoms with Gasteiger partial charge in [0, 0.05) is 4.48 Å². The summed E-state index contributed by atoms with van der Waals surface area (Å²) in [6.07, 6.45) is 5.56. The molecular weight excluding hydrogens is 220 g/mol. The molecule has 0 aromatic rings. The minimum Gasteiger partial charge on any atom is -0.481 e. The summed E-state index contributed by atoms with van der Waals surface area (Å²) < 4.78 is 0.734. The Balaban J connectivity index is 3.10. The molecule has 2 nitrogen and oxygen atoms in total. The van der Waals surface area contributed by atoms with Crippen LogP contribution in [0.3, 0.4) is 0 Å². The van der Waals surface area contributed by atoms with E-state index in [1.165, 1.54) is 0 Å². The third kappa shape index (κ3) is 1.22. The molecule has 1 N–H and O–H groups in total. The van der Waals surface area contributed by atoms with E-state index in [0.29, 0.717) is 0 Å². The van der Waals surface area contributed by atoms with Crippen LogP contribution in [0.1, 0.15) is 13.8 Å². The fourth-order valence-corrected chi connectivity index (χ4v) is 1.87. The molecular formula is C9H11BrO2. The van der Waals surface area contributed by atoms with E-state index in [-0.39, 0.29) is 5.92 Å². The predicted molar refractivity (Wildman–Crippen MR) is 51.1 cm³/mol. The second-order valence-electron chi connectivity index (χ2n) is 3.20. The highest BCUT2D eigenvalue weighted by Gasteiger charge is 2.41. The second kappa shape index (κ2) is 3.05. The Morgan fingerprint density at radius 3 is 2.67 bits per heavy atom. The zero-order valence-electron chi connectivity index (χ0n) is 7.04. The molecule has 0 heterocycles. The maximum Gasteiger partial charge on any atom is 0.314 e. The minimum absolute atomic E-state index is 0.0226. The number of allylic oxidation sites excluding steroid dienone is 3. The maximum absolute atomic E-state index is 11.0. The Labute approximate surface area is 80.1 Å². The van der Waals surface area contributed by atoms with Gasteiger partial charge in [-0.2, -0.15) is 0 Å². The Hall–Kier alpha value is -0.570. The summed E-state index contributed by atoms with van der Waals surface area (Å²) in [7, 11) is 0. The van der Waals surface area contributed by atoms with Crippen LogP contribution in [0.15, 0.2) is 22.7 Å². The number of carboxylic acid groups (broad SMARTS) is 1. The standard InChI is InChI=1S/C9H11BrO2/c1-6-4-3-5-7(10)9(6,2)8(11)12/h3-6H,1-2H3,(H,11,12). The number of hydrogen-bond donors (Lipinski definition) is 1. The second-order valence-corrected chi connectivity index (χ2v) is 4.05. The van der Waals surface area contributed by atoms with Gasteiger partial charge in [0.2, 0.25) is 0 Å². The highest BCUT2D eigenvalue weighted by Crippen LogP contribution is 2.42. The van der Waals surface area contributed by atoms with Crippen LogP contribution in [-0.4, -0.2) is 11.1 Å². The summed E-state index contributed by atoms with van der Waals surface area (Å²) >= 11 is 3.28. The summed E-state index contributed by atoms with van der Waals surface area (Å²) in [4.78, 5) is 11.0. The lowest BCUT2D eigenvalue weighted by molar-refractivity contribution is -0.146. The van der Waals surface area contributed by atoms with E-state index in [9.17, 15) is 4.79 Å². The van der Waals surface area contributed by atoms with Crippen molar-refractivity contribution in [3.63, 3.8) is 0 Å². The third-order valence-electron chi connectivity index (χ3n) is 2.49. The van der Waals surface area contributed by atoms with Gasteiger partial charge in [0.05, 0.1) is 0 Å². The van der Waals surface area contributed by atoms with Crippen molar-refractivity contribution in [3.05, 3.63) is 22.7 Å². The lowest BCUT2D eigenvalue weighted by Gasteiger charge is -2.31. The van der Waals surface area contributed by atoms with E-state index >= 15 is 0 Å². The SMILES string of the molecule is CC1C=CC=C(Br)C1(C)C(=O)O. The van der Waals surface area contributed by atoms with E-state index in [1.54, 1.807) is 13.0 Å². The molecule has 2 unspecified atom stereocenters. The number of carboxylic acids is 1. The van der Waals surface area contributed by atoms with Crippen molar-refractivity contribution >= 4 is 21.9 Å². The van der Waals surface area contributed by atoms with Crippen LogP contribution >= 0.6 is 15.9 Å². The fraction of sp³-hybridized carbons (Fsp3) is 0.444. The number of carbonyl (C=O) groups is 1. The molecule has 66 valence electrons. The molecule has 0 bridgehead atoms. The van der Waals surface area contributed by atoms with Crippen LogP contribution in [0, 0.1) is 11.3 Å². The van der Waals surface area contributed by atoms with E-state index in [2.05, 4.69) is 15.9 Å². The van der Waals surface area contributed by atoms with Gasteiger partial charge in [-0.25, -0.2) is 0 Å². The number of hydrogen-bond acceptors (Lipinski definition) is 1. The molecule has 0 aromatic heterocycles. The Kier molecular flexibility index (Phi) is 2.42. The number of rotatable bonds is 1. The largest absolute Gasteiger partial charge is 0.481 e. The van der Waals surface area contributed by atoms with E-state index in [0.717, 1.165) is 4.48 Å². The van der Waals surface area contributed by atoms with Gasteiger partial charge in [-0.1, -0.05) is 41.1 Å². The molecule has 1 aliphatic carbocycles. The zero-order chi connectivity index (χ0) is 9.35. The van der Waals surface area contributed by atoms with Crippen LogP contribution < -0.4 is 0 Å². The molecule has 1 rings (SSSR count). The van der Waals surface area contributed by atoms with Crippen LogP contribution in [-0.2, 0) is 4.79 Å². The summed E-state index contributed by atoms with van der Waals surface area (Å²) in [6.45, 7) is 3.63. The lowest BCUT2D eigenvalue weighted by Crippen LogP contribution is -2.35. The van der Waals surface area contributed by atoms with Crippen molar-refractivity contribution in [1.29, 1.82) is 0 Å². The summed E-state index contributed by atoms with van der Waals surface area (Å²) in [5.41, 5.74) is -0.797. The van der Waals surface area contributed by atoms with E-state index in [1.807, 2.05) is 19.1 Å². The monoisotopic (exact) mass is 230 g/mol.